The predicted octanol–water partition coefficient (Wildman–Crippen LogP) is 3.11. The van der Waals surface area contributed by atoms with Gasteiger partial charge >= 0.3 is 6.09 Å². The van der Waals surface area contributed by atoms with Gasteiger partial charge in [0.1, 0.15) is 0 Å². The Bertz CT molecular complexity index is 679. The Morgan fingerprint density at radius 2 is 2.04 bits per heavy atom. The Balaban J connectivity index is 1.29. The zero-order valence-electron chi connectivity index (χ0n) is 15.8. The third-order valence-corrected chi connectivity index (χ3v) is 6.87. The summed E-state index contributed by atoms with van der Waals surface area (Å²) in [5.74, 6) is 1.28. The third kappa shape index (κ3) is 3.15. The van der Waals surface area contributed by atoms with Gasteiger partial charge in [0.2, 0.25) is 5.88 Å². The van der Waals surface area contributed by atoms with Gasteiger partial charge in [-0.1, -0.05) is 0 Å². The number of hydrogen-bond acceptors (Lipinski definition) is 4. The van der Waals surface area contributed by atoms with Gasteiger partial charge in [-0.15, -0.1) is 0 Å². The molecule has 3 fully saturated rings. The molecule has 1 spiro atoms. The fourth-order valence-electron chi connectivity index (χ4n) is 5.29. The van der Waals surface area contributed by atoms with Gasteiger partial charge in [-0.05, 0) is 74.6 Å². The van der Waals surface area contributed by atoms with E-state index in [1.165, 1.54) is 36.8 Å². The summed E-state index contributed by atoms with van der Waals surface area (Å²) in [4.78, 5) is 19.8. The Labute approximate surface area is 155 Å². The van der Waals surface area contributed by atoms with E-state index in [4.69, 9.17) is 4.74 Å². The van der Waals surface area contributed by atoms with Crippen LogP contribution in [0, 0.1) is 12.3 Å². The molecule has 0 aromatic carbocycles. The molecule has 1 aromatic rings. The molecule has 2 aliphatic heterocycles. The number of ether oxygens (including phenoxy) is 1. The van der Waals surface area contributed by atoms with Crippen molar-refractivity contribution in [3.05, 3.63) is 23.4 Å². The fraction of sp³-hybridized carbons (Fsp3) is 0.700. The van der Waals surface area contributed by atoms with E-state index in [2.05, 4.69) is 16.8 Å². The van der Waals surface area contributed by atoms with Crippen molar-refractivity contribution >= 4 is 6.09 Å². The average Bonchev–Trinajstić information content (AvgIpc) is 3.07. The van der Waals surface area contributed by atoms with Gasteiger partial charge < -0.3 is 19.6 Å². The summed E-state index contributed by atoms with van der Waals surface area (Å²) >= 11 is 0. The van der Waals surface area contributed by atoms with Crippen LogP contribution in [0.5, 0.6) is 5.88 Å². The number of piperidine rings is 1. The van der Waals surface area contributed by atoms with Crippen molar-refractivity contribution in [3.8, 4) is 5.88 Å². The summed E-state index contributed by atoms with van der Waals surface area (Å²) in [6, 6.07) is 2.69. The number of amides is 1. The van der Waals surface area contributed by atoms with Crippen LogP contribution in [0.3, 0.4) is 0 Å². The number of aryl methyl sites for hydroxylation is 1. The minimum atomic E-state index is -0.755. The van der Waals surface area contributed by atoms with Gasteiger partial charge in [-0.3, -0.25) is 0 Å². The van der Waals surface area contributed by atoms with Crippen molar-refractivity contribution in [2.24, 2.45) is 5.41 Å². The quantitative estimate of drug-likeness (QED) is 0.898. The molecule has 1 aliphatic carbocycles. The molecule has 1 amide bonds. The van der Waals surface area contributed by atoms with Gasteiger partial charge in [-0.25, -0.2) is 9.78 Å². The number of pyridine rings is 1. The lowest BCUT2D eigenvalue weighted by molar-refractivity contribution is -0.00388. The number of carbonyl (C=O) groups is 1. The molecule has 3 aliphatic rings. The highest BCUT2D eigenvalue weighted by Crippen LogP contribution is 2.50. The summed E-state index contributed by atoms with van der Waals surface area (Å²) in [7, 11) is 1.66. The highest BCUT2D eigenvalue weighted by atomic mass is 16.5. The van der Waals surface area contributed by atoms with Crippen LogP contribution >= 0.6 is 0 Å². The Morgan fingerprint density at radius 3 is 2.62 bits per heavy atom. The smallest absolute Gasteiger partial charge is 0.407 e. The first-order chi connectivity index (χ1) is 12.5. The second-order valence-electron chi connectivity index (χ2n) is 8.41. The molecule has 0 unspecified atom stereocenters. The first kappa shape index (κ1) is 17.6. The zero-order chi connectivity index (χ0) is 18.3. The maximum atomic E-state index is 11.2. The van der Waals surface area contributed by atoms with E-state index in [-0.39, 0.29) is 5.41 Å². The highest BCUT2D eigenvalue weighted by Gasteiger charge is 2.51. The normalized spacial score (nSPS) is 29.8. The molecule has 4 rings (SSSR count). The molecule has 0 radical (unpaired) electrons. The zero-order valence-corrected chi connectivity index (χ0v) is 15.8. The van der Waals surface area contributed by atoms with Crippen molar-refractivity contribution in [1.82, 2.24) is 14.8 Å². The first-order valence-electron chi connectivity index (χ1n) is 9.72. The lowest BCUT2D eigenvalue weighted by Crippen LogP contribution is -2.54. The lowest BCUT2D eigenvalue weighted by atomic mass is 9.64. The van der Waals surface area contributed by atoms with E-state index in [9.17, 15) is 9.90 Å². The summed E-state index contributed by atoms with van der Waals surface area (Å²) in [5, 5.41) is 9.17. The van der Waals surface area contributed by atoms with Crippen molar-refractivity contribution in [1.29, 1.82) is 0 Å². The number of methoxy groups -OCH3 is 1. The molecule has 3 heterocycles. The second-order valence-corrected chi connectivity index (χ2v) is 8.41. The number of carboxylic acid groups (broad SMARTS) is 1. The molecule has 2 saturated heterocycles. The molecule has 142 valence electrons. The fourth-order valence-corrected chi connectivity index (χ4v) is 5.29. The SMILES string of the molecule is COc1cc(C)c(C2CCN(C3CC4(CCN(C(=O)O)C4)C3)CC2)cn1. The number of likely N-dealkylation sites (tertiary alicyclic amines) is 2. The molecular formula is C20H29N3O3. The maximum absolute atomic E-state index is 11.2. The van der Waals surface area contributed by atoms with Crippen molar-refractivity contribution in [3.63, 3.8) is 0 Å². The summed E-state index contributed by atoms with van der Waals surface area (Å²) in [6.07, 6.45) is 6.98. The van der Waals surface area contributed by atoms with Crippen molar-refractivity contribution < 1.29 is 14.6 Å². The first-order valence-corrected chi connectivity index (χ1v) is 9.72. The van der Waals surface area contributed by atoms with Crippen LogP contribution in [0.1, 0.15) is 49.1 Å². The minimum Gasteiger partial charge on any atom is -0.481 e. The lowest BCUT2D eigenvalue weighted by Gasteiger charge is -2.51. The van der Waals surface area contributed by atoms with Gasteiger partial charge in [0.05, 0.1) is 7.11 Å². The Morgan fingerprint density at radius 1 is 1.31 bits per heavy atom. The third-order valence-electron chi connectivity index (χ3n) is 6.87. The number of hydrogen-bond donors (Lipinski definition) is 1. The molecule has 1 aromatic heterocycles. The number of rotatable bonds is 3. The summed E-state index contributed by atoms with van der Waals surface area (Å²) in [6.45, 7) is 5.88. The Hall–Kier alpha value is -1.82. The van der Waals surface area contributed by atoms with Crippen LogP contribution in [0.2, 0.25) is 0 Å². The molecule has 1 saturated carbocycles. The molecule has 6 nitrogen and oxygen atoms in total. The van der Waals surface area contributed by atoms with E-state index >= 15 is 0 Å². The van der Waals surface area contributed by atoms with Crippen LogP contribution in [0.15, 0.2) is 12.3 Å². The van der Waals surface area contributed by atoms with E-state index in [1.807, 2.05) is 12.3 Å². The molecule has 6 heteroatoms. The van der Waals surface area contributed by atoms with E-state index in [1.54, 1.807) is 12.0 Å². The summed E-state index contributed by atoms with van der Waals surface area (Å²) < 4.78 is 5.22. The van der Waals surface area contributed by atoms with Crippen LogP contribution in [0.4, 0.5) is 4.79 Å². The molecule has 26 heavy (non-hydrogen) atoms. The largest absolute Gasteiger partial charge is 0.481 e. The average molecular weight is 359 g/mol. The van der Waals surface area contributed by atoms with Crippen molar-refractivity contribution in [2.45, 2.75) is 51.0 Å². The maximum Gasteiger partial charge on any atom is 0.407 e. The molecule has 0 atom stereocenters. The van der Waals surface area contributed by atoms with Gasteiger partial charge in [0.15, 0.2) is 0 Å². The van der Waals surface area contributed by atoms with E-state index in [0.717, 1.165) is 26.1 Å². The number of nitrogens with zero attached hydrogens (tertiary/aromatic N) is 3. The van der Waals surface area contributed by atoms with Gasteiger partial charge in [0.25, 0.3) is 0 Å². The van der Waals surface area contributed by atoms with Crippen LogP contribution in [-0.4, -0.2) is 65.3 Å². The van der Waals surface area contributed by atoms with Crippen LogP contribution < -0.4 is 4.74 Å². The summed E-state index contributed by atoms with van der Waals surface area (Å²) in [5.41, 5.74) is 2.91. The minimum absolute atomic E-state index is 0.274. The monoisotopic (exact) mass is 359 g/mol. The van der Waals surface area contributed by atoms with E-state index in [0.29, 0.717) is 24.4 Å². The van der Waals surface area contributed by atoms with Gasteiger partial charge in [-0.2, -0.15) is 0 Å². The predicted molar refractivity (Wildman–Crippen MR) is 98.7 cm³/mol. The second kappa shape index (κ2) is 6.72. The Kier molecular flexibility index (Phi) is 4.55. The molecular weight excluding hydrogens is 330 g/mol. The van der Waals surface area contributed by atoms with Crippen LogP contribution in [0.25, 0.3) is 0 Å². The van der Waals surface area contributed by atoms with Crippen LogP contribution in [-0.2, 0) is 0 Å². The molecule has 0 bridgehead atoms. The standard InChI is InChI=1S/C20H29N3O3/c1-14-9-18(26-2)21-12-17(14)15-3-6-22(7-4-15)16-10-20(11-16)5-8-23(13-20)19(24)25/h9,12,15-16H,3-8,10-11,13H2,1-2H3,(H,24,25). The van der Waals surface area contributed by atoms with E-state index < -0.39 is 6.09 Å². The molecule has 1 N–H and O–H groups in total. The topological polar surface area (TPSA) is 65.9 Å². The van der Waals surface area contributed by atoms with Gasteiger partial charge in [0, 0.05) is 31.4 Å². The number of aromatic nitrogens is 1. The van der Waals surface area contributed by atoms with Crippen molar-refractivity contribution in [2.75, 3.05) is 33.3 Å². The highest BCUT2D eigenvalue weighted by molar-refractivity contribution is 5.65.